The van der Waals surface area contributed by atoms with E-state index in [-0.39, 0.29) is 27.4 Å². The quantitative estimate of drug-likeness (QED) is 0.134. The van der Waals surface area contributed by atoms with E-state index in [9.17, 15) is 18.8 Å². The summed E-state index contributed by atoms with van der Waals surface area (Å²) in [5.74, 6) is 0.560. The van der Waals surface area contributed by atoms with Gasteiger partial charge in [-0.25, -0.2) is 13.8 Å². The Morgan fingerprint density at radius 2 is 1.80 bits per heavy atom. The Bertz CT molecular complexity index is 1690. The number of nitriles is 1. The second-order valence-electron chi connectivity index (χ2n) is 8.88. The number of methoxy groups -OCH3 is 1. The van der Waals surface area contributed by atoms with Crippen LogP contribution >= 0.6 is 24.0 Å². The molecule has 1 aliphatic heterocycles. The van der Waals surface area contributed by atoms with Gasteiger partial charge in [0.1, 0.15) is 28.2 Å². The van der Waals surface area contributed by atoms with Crippen molar-refractivity contribution in [3.8, 4) is 22.9 Å². The second-order valence-corrected chi connectivity index (χ2v) is 10.2. The van der Waals surface area contributed by atoms with Crippen LogP contribution in [0.3, 0.4) is 0 Å². The van der Waals surface area contributed by atoms with E-state index in [1.54, 1.807) is 54.6 Å². The molecule has 204 valence electrons. The fourth-order valence-corrected chi connectivity index (χ4v) is 5.66. The van der Waals surface area contributed by atoms with Crippen molar-refractivity contribution in [1.29, 1.82) is 5.26 Å². The summed E-state index contributed by atoms with van der Waals surface area (Å²) in [6, 6.07) is 26.8. The summed E-state index contributed by atoms with van der Waals surface area (Å²) in [6.45, 7) is 0. The highest BCUT2D eigenvalue weighted by atomic mass is 32.2. The van der Waals surface area contributed by atoms with Crippen LogP contribution in [0.1, 0.15) is 28.8 Å². The molecule has 1 aromatic heterocycles. The number of benzene rings is 3. The average Bonchev–Trinajstić information content (AvgIpc) is 3.28. The highest BCUT2D eigenvalue weighted by molar-refractivity contribution is 7.98. The molecule has 0 spiro atoms. The number of thiocarbonyl (C=S) groups is 1. The number of hydrogen-bond donors (Lipinski definition) is 1. The van der Waals surface area contributed by atoms with Gasteiger partial charge in [0, 0.05) is 16.9 Å². The van der Waals surface area contributed by atoms with E-state index in [4.69, 9.17) is 17.0 Å². The van der Waals surface area contributed by atoms with E-state index < -0.39 is 12.1 Å². The number of halogens is 2. The molecule has 0 bridgehead atoms. The van der Waals surface area contributed by atoms with E-state index in [1.165, 1.54) is 29.8 Å². The number of hydrogen-bond acceptors (Lipinski definition) is 6. The molecule has 6 nitrogen and oxygen atoms in total. The third-order valence-electron chi connectivity index (χ3n) is 6.30. The molecule has 0 unspecified atom stereocenters. The predicted molar refractivity (Wildman–Crippen MR) is 160 cm³/mol. The number of ether oxygens (including phenoxy) is 1. The van der Waals surface area contributed by atoms with Crippen LogP contribution in [0.25, 0.3) is 17.2 Å². The van der Waals surface area contributed by atoms with Gasteiger partial charge in [-0.3, -0.25) is 9.69 Å². The average molecular weight is 585 g/mol. The molecule has 2 heterocycles. The maximum absolute atomic E-state index is 13.8. The third kappa shape index (κ3) is 5.96. The first-order valence-electron chi connectivity index (χ1n) is 12.4. The van der Waals surface area contributed by atoms with Crippen LogP contribution in [0.2, 0.25) is 0 Å². The van der Waals surface area contributed by atoms with Gasteiger partial charge in [0.25, 0.3) is 12.3 Å². The second kappa shape index (κ2) is 12.3. The van der Waals surface area contributed by atoms with Crippen molar-refractivity contribution in [3.05, 3.63) is 113 Å². The first-order chi connectivity index (χ1) is 19.9. The number of carbonyl (C=O) groups is 1. The van der Waals surface area contributed by atoms with Crippen molar-refractivity contribution < 1.29 is 18.3 Å². The molecular weight excluding hydrogens is 562 g/mol. The fourth-order valence-electron chi connectivity index (χ4n) is 4.37. The molecule has 1 aliphatic rings. The van der Waals surface area contributed by atoms with Crippen molar-refractivity contribution >= 4 is 46.8 Å². The van der Waals surface area contributed by atoms with Crippen molar-refractivity contribution in [3.63, 3.8) is 0 Å². The van der Waals surface area contributed by atoms with E-state index in [1.807, 2.05) is 30.3 Å². The van der Waals surface area contributed by atoms with Crippen molar-refractivity contribution in [2.24, 2.45) is 0 Å². The van der Waals surface area contributed by atoms with Gasteiger partial charge in [-0.2, -0.15) is 5.26 Å². The Morgan fingerprint density at radius 1 is 1.10 bits per heavy atom. The number of para-hydroxylation sites is 1. The molecule has 1 fully saturated rings. The summed E-state index contributed by atoms with van der Waals surface area (Å²) in [4.78, 5) is 18.7. The lowest BCUT2D eigenvalue weighted by molar-refractivity contribution is -0.113. The number of amides is 1. The highest BCUT2D eigenvalue weighted by Crippen LogP contribution is 2.36. The minimum absolute atomic E-state index is 0.200. The molecule has 0 saturated carbocycles. The van der Waals surface area contributed by atoms with Crippen LogP contribution in [-0.4, -0.2) is 23.1 Å². The molecule has 0 aliphatic carbocycles. The zero-order valence-corrected chi connectivity index (χ0v) is 23.3. The molecule has 4 aromatic rings. The number of thioether (sulfide) groups is 1. The fraction of sp³-hybridized carbons (Fsp3) is 0.0968. The first kappa shape index (κ1) is 28.0. The molecule has 3 aromatic carbocycles. The topological polar surface area (TPSA) is 78.2 Å². The van der Waals surface area contributed by atoms with Gasteiger partial charge in [0.15, 0.2) is 5.11 Å². The maximum Gasteiger partial charge on any atom is 0.281 e. The number of carbonyl (C=O) groups excluding carboxylic acids is 1. The van der Waals surface area contributed by atoms with Gasteiger partial charge in [-0.1, -0.05) is 54.6 Å². The molecule has 5 rings (SSSR count). The van der Waals surface area contributed by atoms with Gasteiger partial charge >= 0.3 is 0 Å². The molecule has 41 heavy (non-hydrogen) atoms. The monoisotopic (exact) mass is 584 g/mol. The number of alkyl halides is 2. The van der Waals surface area contributed by atoms with Crippen LogP contribution in [0.4, 0.5) is 14.5 Å². The molecule has 0 atom stereocenters. The van der Waals surface area contributed by atoms with Gasteiger partial charge in [0.05, 0.1) is 18.4 Å². The van der Waals surface area contributed by atoms with E-state index >= 15 is 0 Å². The Balaban J connectivity index is 1.45. The number of pyridine rings is 1. The summed E-state index contributed by atoms with van der Waals surface area (Å²) in [5, 5.41) is 13.4. The molecular formula is C31H22F2N4O2S2. The Morgan fingerprint density at radius 3 is 2.46 bits per heavy atom. The third-order valence-corrected chi connectivity index (χ3v) is 7.61. The normalized spacial score (nSPS) is 13.9. The molecule has 1 amide bonds. The number of nitrogens with one attached hydrogen (secondary N) is 1. The SMILES string of the molecule is COc1ccc(/C=C2/NC(=S)N(c3ccccc3)C2=O)cc1CSc1nc(C(F)F)cc(-c2ccccc2)c1C#N. The molecule has 1 saturated heterocycles. The summed E-state index contributed by atoms with van der Waals surface area (Å²) in [5.41, 5.74) is 3.27. The van der Waals surface area contributed by atoms with Crippen molar-refractivity contribution in [2.75, 3.05) is 12.0 Å². The first-order valence-corrected chi connectivity index (χ1v) is 13.8. The highest BCUT2D eigenvalue weighted by Gasteiger charge is 2.31. The van der Waals surface area contributed by atoms with Gasteiger partial charge in [-0.15, -0.1) is 11.8 Å². The van der Waals surface area contributed by atoms with Gasteiger partial charge in [0.2, 0.25) is 0 Å². The minimum Gasteiger partial charge on any atom is -0.496 e. The Labute approximate surface area is 245 Å². The standard InChI is InChI=1S/C31H22F2N4O2S2/c1-39-27-13-12-19(15-26-30(38)37(31(40)36-26)22-10-6-3-7-11-22)14-21(27)18-41-29-24(17-34)23(16-25(35-29)28(32)33)20-8-4-2-5-9-20/h2-16,28H,18H2,1H3,(H,36,40)/b26-15+. The number of rotatable bonds is 8. The maximum atomic E-state index is 13.8. The summed E-state index contributed by atoms with van der Waals surface area (Å²) >= 11 is 6.56. The van der Waals surface area contributed by atoms with Crippen LogP contribution in [0.15, 0.2) is 95.7 Å². The molecule has 10 heteroatoms. The zero-order chi connectivity index (χ0) is 28.9. The zero-order valence-electron chi connectivity index (χ0n) is 21.7. The van der Waals surface area contributed by atoms with E-state index in [0.29, 0.717) is 33.8 Å². The summed E-state index contributed by atoms with van der Waals surface area (Å²) < 4.78 is 33.1. The number of aromatic nitrogens is 1. The molecule has 0 radical (unpaired) electrons. The lowest BCUT2D eigenvalue weighted by Crippen LogP contribution is -2.30. The van der Waals surface area contributed by atoms with Crippen molar-refractivity contribution in [1.82, 2.24) is 10.3 Å². The minimum atomic E-state index is -2.80. The van der Waals surface area contributed by atoms with Gasteiger partial charge in [-0.05, 0) is 59.8 Å². The van der Waals surface area contributed by atoms with Crippen LogP contribution in [0, 0.1) is 11.3 Å². The molecule has 1 N–H and O–H groups in total. The summed E-state index contributed by atoms with van der Waals surface area (Å²) in [7, 11) is 1.53. The lowest BCUT2D eigenvalue weighted by atomic mass is 10.0. The van der Waals surface area contributed by atoms with E-state index in [2.05, 4.69) is 16.4 Å². The van der Waals surface area contributed by atoms with Crippen LogP contribution < -0.4 is 15.0 Å². The smallest absolute Gasteiger partial charge is 0.281 e. The van der Waals surface area contributed by atoms with Gasteiger partial charge < -0.3 is 10.1 Å². The Kier molecular flexibility index (Phi) is 8.38. The Hall–Kier alpha value is -4.59. The van der Waals surface area contributed by atoms with Crippen LogP contribution in [0.5, 0.6) is 5.75 Å². The van der Waals surface area contributed by atoms with Crippen LogP contribution in [-0.2, 0) is 10.5 Å². The van der Waals surface area contributed by atoms with E-state index in [0.717, 1.165) is 5.56 Å². The number of nitrogens with zero attached hydrogens (tertiary/aromatic N) is 3. The predicted octanol–water partition coefficient (Wildman–Crippen LogP) is 7.12. The van der Waals surface area contributed by atoms with Crippen molar-refractivity contribution in [2.45, 2.75) is 17.2 Å². The lowest BCUT2D eigenvalue weighted by Gasteiger charge is -2.14. The largest absolute Gasteiger partial charge is 0.496 e. The summed E-state index contributed by atoms with van der Waals surface area (Å²) in [6.07, 6.45) is -1.11. The number of anilines is 1.